The van der Waals surface area contributed by atoms with Gasteiger partial charge >= 0.3 is 0 Å². The van der Waals surface area contributed by atoms with Gasteiger partial charge in [-0.25, -0.2) is 8.78 Å². The first kappa shape index (κ1) is 16.3. The van der Waals surface area contributed by atoms with Crippen molar-refractivity contribution in [2.24, 2.45) is 0 Å². The predicted molar refractivity (Wildman–Crippen MR) is 74.7 cm³/mol. The first-order valence-electron chi connectivity index (χ1n) is 5.74. The zero-order valence-corrected chi connectivity index (χ0v) is 12.4. The van der Waals surface area contributed by atoms with Gasteiger partial charge in [0.1, 0.15) is 11.4 Å². The van der Waals surface area contributed by atoms with Crippen LogP contribution in [0.2, 0.25) is 0 Å². The third-order valence-electron chi connectivity index (χ3n) is 2.90. The molecular formula is C12H14BrClF2N2O. The van der Waals surface area contributed by atoms with Gasteiger partial charge in [0, 0.05) is 12.6 Å². The quantitative estimate of drug-likeness (QED) is 0.801. The maximum atomic E-state index is 13.7. The van der Waals surface area contributed by atoms with E-state index >= 15 is 0 Å². The van der Waals surface area contributed by atoms with Crippen molar-refractivity contribution in [2.45, 2.75) is 18.9 Å². The number of nitrogens with one attached hydrogen (secondary N) is 2. The van der Waals surface area contributed by atoms with Gasteiger partial charge < -0.3 is 10.6 Å². The van der Waals surface area contributed by atoms with Gasteiger partial charge in [-0.2, -0.15) is 0 Å². The molecule has 0 radical (unpaired) electrons. The average Bonchev–Trinajstić information content (AvgIpc) is 2.36. The Morgan fingerprint density at radius 1 is 1.42 bits per heavy atom. The summed E-state index contributed by atoms with van der Waals surface area (Å²) in [5.74, 6) is -2.42. The van der Waals surface area contributed by atoms with E-state index in [-0.39, 0.29) is 22.9 Å². The summed E-state index contributed by atoms with van der Waals surface area (Å²) >= 11 is 2.94. The van der Waals surface area contributed by atoms with E-state index in [4.69, 9.17) is 0 Å². The van der Waals surface area contributed by atoms with E-state index < -0.39 is 23.1 Å². The Balaban J connectivity index is 0.00000180. The van der Waals surface area contributed by atoms with Crippen molar-refractivity contribution in [3.63, 3.8) is 0 Å². The van der Waals surface area contributed by atoms with Gasteiger partial charge in [0.25, 0.3) is 5.91 Å². The number of piperidine rings is 1. The van der Waals surface area contributed by atoms with E-state index in [1.165, 1.54) is 6.07 Å². The third-order valence-corrected chi connectivity index (χ3v) is 3.52. The molecule has 0 aliphatic carbocycles. The van der Waals surface area contributed by atoms with E-state index in [9.17, 15) is 13.6 Å². The fourth-order valence-corrected chi connectivity index (χ4v) is 2.30. The van der Waals surface area contributed by atoms with Crippen LogP contribution < -0.4 is 10.6 Å². The van der Waals surface area contributed by atoms with Crippen LogP contribution in [0.4, 0.5) is 8.78 Å². The summed E-state index contributed by atoms with van der Waals surface area (Å²) in [6.45, 7) is 1.54. The maximum absolute atomic E-state index is 13.7. The molecule has 1 aromatic carbocycles. The molecule has 0 unspecified atom stereocenters. The molecule has 19 heavy (non-hydrogen) atoms. The summed E-state index contributed by atoms with van der Waals surface area (Å²) in [6, 6.07) is 2.23. The fraction of sp³-hybridized carbons (Fsp3) is 0.417. The molecular weight excluding hydrogens is 341 g/mol. The highest BCUT2D eigenvalue weighted by atomic mass is 79.9. The summed E-state index contributed by atoms with van der Waals surface area (Å²) in [7, 11) is 0. The van der Waals surface area contributed by atoms with Gasteiger partial charge in [0.2, 0.25) is 0 Å². The highest BCUT2D eigenvalue weighted by Gasteiger charge is 2.23. The minimum absolute atomic E-state index is 0. The van der Waals surface area contributed by atoms with Gasteiger partial charge in [-0.05, 0) is 47.4 Å². The highest BCUT2D eigenvalue weighted by molar-refractivity contribution is 9.10. The van der Waals surface area contributed by atoms with Crippen LogP contribution in [0.3, 0.4) is 0 Å². The number of rotatable bonds is 2. The zero-order valence-electron chi connectivity index (χ0n) is 10.0. The molecule has 7 heteroatoms. The number of benzene rings is 1. The van der Waals surface area contributed by atoms with Gasteiger partial charge in [-0.3, -0.25) is 4.79 Å². The van der Waals surface area contributed by atoms with Crippen molar-refractivity contribution in [3.8, 4) is 0 Å². The second kappa shape index (κ2) is 7.17. The van der Waals surface area contributed by atoms with Crippen LogP contribution in [0.5, 0.6) is 0 Å². The van der Waals surface area contributed by atoms with E-state index in [2.05, 4.69) is 26.6 Å². The summed E-state index contributed by atoms with van der Waals surface area (Å²) in [5, 5.41) is 5.76. The number of carbonyl (C=O) groups excluding carboxylic acids is 1. The molecule has 0 spiro atoms. The van der Waals surface area contributed by atoms with Crippen LogP contribution in [-0.4, -0.2) is 25.0 Å². The van der Waals surface area contributed by atoms with Crippen molar-refractivity contribution >= 4 is 34.2 Å². The molecule has 2 rings (SSSR count). The smallest absolute Gasteiger partial charge is 0.257 e. The molecule has 1 saturated heterocycles. The van der Waals surface area contributed by atoms with Gasteiger partial charge in [0.15, 0.2) is 5.82 Å². The molecule has 1 heterocycles. The Kier molecular flexibility index (Phi) is 6.16. The Bertz CT molecular complexity index is 467. The second-order valence-corrected chi connectivity index (χ2v) is 5.09. The molecule has 106 valence electrons. The van der Waals surface area contributed by atoms with Crippen LogP contribution in [0.1, 0.15) is 23.2 Å². The van der Waals surface area contributed by atoms with E-state index in [0.717, 1.165) is 25.5 Å². The summed E-state index contributed by atoms with van der Waals surface area (Å²) < 4.78 is 27.3. The Morgan fingerprint density at radius 2 is 2.16 bits per heavy atom. The van der Waals surface area contributed by atoms with E-state index in [1.54, 1.807) is 0 Å². The Morgan fingerprint density at radius 3 is 2.79 bits per heavy atom. The van der Waals surface area contributed by atoms with Gasteiger partial charge in [-0.1, -0.05) is 0 Å². The maximum Gasteiger partial charge on any atom is 0.257 e. The number of halogens is 4. The minimum atomic E-state index is -0.865. The largest absolute Gasteiger partial charge is 0.348 e. The molecule has 2 N–H and O–H groups in total. The lowest BCUT2D eigenvalue weighted by Gasteiger charge is -2.24. The van der Waals surface area contributed by atoms with Gasteiger partial charge in [0.05, 0.1) is 4.47 Å². The molecule has 1 aliphatic rings. The van der Waals surface area contributed by atoms with Crippen LogP contribution in [0.15, 0.2) is 16.6 Å². The van der Waals surface area contributed by atoms with Crippen LogP contribution in [0, 0.1) is 11.6 Å². The van der Waals surface area contributed by atoms with Crippen LogP contribution >= 0.6 is 28.3 Å². The first-order valence-corrected chi connectivity index (χ1v) is 6.54. The molecule has 1 aliphatic heterocycles. The molecule has 0 aromatic heterocycles. The SMILES string of the molecule is Cl.O=C(N[C@H]1CCCNC1)c1c(F)ccc(Br)c1F. The van der Waals surface area contributed by atoms with E-state index in [1.807, 2.05) is 0 Å². The topological polar surface area (TPSA) is 41.1 Å². The standard InChI is InChI=1S/C12H13BrF2N2O.ClH/c13-8-3-4-9(14)10(11(8)15)12(18)17-7-2-1-5-16-6-7;/h3-4,7,16H,1-2,5-6H2,(H,17,18);1H/t7-;/m0./s1. The summed E-state index contributed by atoms with van der Waals surface area (Å²) in [5.41, 5.74) is -0.532. The predicted octanol–water partition coefficient (Wildman–Crippen LogP) is 2.63. The molecule has 3 nitrogen and oxygen atoms in total. The molecule has 0 saturated carbocycles. The zero-order chi connectivity index (χ0) is 13.1. The summed E-state index contributed by atoms with van der Waals surface area (Å²) in [4.78, 5) is 11.9. The first-order chi connectivity index (χ1) is 8.59. The number of carbonyl (C=O) groups is 1. The summed E-state index contributed by atoms with van der Waals surface area (Å²) in [6.07, 6.45) is 1.75. The second-order valence-electron chi connectivity index (χ2n) is 4.23. The lowest BCUT2D eigenvalue weighted by atomic mass is 10.1. The highest BCUT2D eigenvalue weighted by Crippen LogP contribution is 2.21. The normalized spacial score (nSPS) is 18.6. The lowest BCUT2D eigenvalue weighted by molar-refractivity contribution is 0.0922. The molecule has 1 aromatic rings. The molecule has 0 bridgehead atoms. The van der Waals surface area contributed by atoms with Crippen molar-refractivity contribution < 1.29 is 13.6 Å². The van der Waals surface area contributed by atoms with Crippen LogP contribution in [0.25, 0.3) is 0 Å². The Labute approximate surface area is 124 Å². The minimum Gasteiger partial charge on any atom is -0.348 e. The van der Waals surface area contributed by atoms with Crippen molar-refractivity contribution in [1.82, 2.24) is 10.6 Å². The van der Waals surface area contributed by atoms with Crippen molar-refractivity contribution in [1.29, 1.82) is 0 Å². The lowest BCUT2D eigenvalue weighted by Crippen LogP contribution is -2.46. The fourth-order valence-electron chi connectivity index (χ4n) is 1.97. The Hall–Kier alpha value is -0.720. The van der Waals surface area contributed by atoms with Gasteiger partial charge in [-0.15, -0.1) is 12.4 Å². The molecule has 1 amide bonds. The van der Waals surface area contributed by atoms with Crippen LogP contribution in [-0.2, 0) is 0 Å². The van der Waals surface area contributed by atoms with Crippen molar-refractivity contribution in [3.05, 3.63) is 33.8 Å². The third kappa shape index (κ3) is 3.87. The molecule has 1 atom stereocenters. The van der Waals surface area contributed by atoms with E-state index in [0.29, 0.717) is 6.54 Å². The average molecular weight is 356 g/mol. The number of hydrogen-bond donors (Lipinski definition) is 2. The number of hydrogen-bond acceptors (Lipinski definition) is 2. The molecule has 1 fully saturated rings. The van der Waals surface area contributed by atoms with Crippen molar-refractivity contribution in [2.75, 3.05) is 13.1 Å². The number of amides is 1. The monoisotopic (exact) mass is 354 g/mol.